The van der Waals surface area contributed by atoms with E-state index in [0.717, 1.165) is 29.9 Å². The molecule has 0 aliphatic heterocycles. The first-order valence-corrected chi connectivity index (χ1v) is 10.4. The van der Waals surface area contributed by atoms with Crippen molar-refractivity contribution in [2.24, 2.45) is 0 Å². The van der Waals surface area contributed by atoms with E-state index in [9.17, 15) is 19.8 Å². The summed E-state index contributed by atoms with van der Waals surface area (Å²) in [6.07, 6.45) is 3.16. The smallest absolute Gasteiger partial charge is 0.336 e. The molecule has 150 valence electrons. The van der Waals surface area contributed by atoms with Crippen LogP contribution in [0, 0.1) is 0 Å². The summed E-state index contributed by atoms with van der Waals surface area (Å²) in [5, 5.41) is 19.6. The number of Topliss-reactive ketones (excluding diaryl/α,β-unsaturated/α-hetero) is 1. The minimum atomic E-state index is -0.913. The van der Waals surface area contributed by atoms with Crippen molar-refractivity contribution in [1.29, 1.82) is 0 Å². The number of unbranched alkanes of at least 4 members (excludes halogenated alkanes) is 1. The van der Waals surface area contributed by atoms with E-state index in [1.54, 1.807) is 24.3 Å². The molecule has 6 heteroatoms. The normalized spacial score (nSPS) is 10.6. The van der Waals surface area contributed by atoms with E-state index in [4.69, 9.17) is 4.74 Å². The zero-order valence-electron chi connectivity index (χ0n) is 16.2. The van der Waals surface area contributed by atoms with E-state index in [0.29, 0.717) is 35.5 Å². The minimum absolute atomic E-state index is 0.0210. The van der Waals surface area contributed by atoms with Gasteiger partial charge in [0.05, 0.1) is 17.7 Å². The van der Waals surface area contributed by atoms with Crippen molar-refractivity contribution in [3.63, 3.8) is 0 Å². The minimum Gasteiger partial charge on any atom is -0.507 e. The van der Waals surface area contributed by atoms with Crippen molar-refractivity contribution in [2.45, 2.75) is 44.4 Å². The Morgan fingerprint density at radius 3 is 2.50 bits per heavy atom. The van der Waals surface area contributed by atoms with E-state index in [2.05, 4.69) is 0 Å². The molecule has 28 heavy (non-hydrogen) atoms. The monoisotopic (exact) mass is 402 g/mol. The largest absolute Gasteiger partial charge is 0.507 e. The number of aromatic hydroxyl groups is 1. The van der Waals surface area contributed by atoms with Gasteiger partial charge in [-0.05, 0) is 56.2 Å². The first-order valence-electron chi connectivity index (χ1n) is 9.39. The summed E-state index contributed by atoms with van der Waals surface area (Å²) in [6.45, 7) is 3.94. The van der Waals surface area contributed by atoms with Gasteiger partial charge in [0.1, 0.15) is 11.5 Å². The summed E-state index contributed by atoms with van der Waals surface area (Å²) in [6, 6.07) is 10.3. The second-order valence-corrected chi connectivity index (χ2v) is 7.59. The summed E-state index contributed by atoms with van der Waals surface area (Å²) in [5.41, 5.74) is 1.33. The van der Waals surface area contributed by atoms with Crippen molar-refractivity contribution in [1.82, 2.24) is 0 Å². The van der Waals surface area contributed by atoms with E-state index in [1.807, 2.05) is 19.1 Å². The van der Waals surface area contributed by atoms with Crippen LogP contribution in [0.15, 0.2) is 41.3 Å². The standard InChI is InChI=1S/C22H26O5S/c1-3-8-17-19(12-11-16(15(2)23)21(17)24)27-13-6-7-14-28-20-10-5-4-9-18(20)22(25)26/h4-5,9-12,24H,3,6-8,13-14H2,1-2H3,(H,25,26). The van der Waals surface area contributed by atoms with Crippen LogP contribution < -0.4 is 4.74 Å². The number of carbonyl (C=O) groups is 2. The lowest BCUT2D eigenvalue weighted by Gasteiger charge is -2.14. The number of carboxylic acids is 1. The highest BCUT2D eigenvalue weighted by atomic mass is 32.2. The fourth-order valence-electron chi connectivity index (χ4n) is 2.87. The Morgan fingerprint density at radius 1 is 1.07 bits per heavy atom. The molecule has 0 heterocycles. The van der Waals surface area contributed by atoms with Crippen LogP contribution in [0.3, 0.4) is 0 Å². The maximum atomic E-state index is 11.6. The maximum Gasteiger partial charge on any atom is 0.336 e. The van der Waals surface area contributed by atoms with Gasteiger partial charge in [-0.15, -0.1) is 11.8 Å². The number of hydrogen-bond donors (Lipinski definition) is 2. The third-order valence-corrected chi connectivity index (χ3v) is 5.45. The molecule has 0 aliphatic rings. The average molecular weight is 403 g/mol. The number of thioether (sulfide) groups is 1. The van der Waals surface area contributed by atoms with Crippen LogP contribution in [0.2, 0.25) is 0 Å². The van der Waals surface area contributed by atoms with Crippen LogP contribution in [0.25, 0.3) is 0 Å². The predicted octanol–water partition coefficient (Wildman–Crippen LogP) is 5.20. The molecule has 0 amide bonds. The third-order valence-electron chi connectivity index (χ3n) is 4.29. The molecule has 0 saturated heterocycles. The van der Waals surface area contributed by atoms with Crippen LogP contribution >= 0.6 is 11.8 Å². The summed E-state index contributed by atoms with van der Waals surface area (Å²) in [7, 11) is 0. The second-order valence-electron chi connectivity index (χ2n) is 6.45. The SMILES string of the molecule is CCCc1c(OCCCCSc2ccccc2C(=O)O)ccc(C(C)=O)c1O. The quantitative estimate of drug-likeness (QED) is 0.305. The molecule has 0 spiro atoms. The van der Waals surface area contributed by atoms with E-state index >= 15 is 0 Å². The van der Waals surface area contributed by atoms with Crippen molar-refractivity contribution >= 4 is 23.5 Å². The van der Waals surface area contributed by atoms with Crippen molar-refractivity contribution in [2.75, 3.05) is 12.4 Å². The molecule has 0 aromatic heterocycles. The fourth-order valence-corrected chi connectivity index (χ4v) is 3.92. The number of carboxylic acid groups (broad SMARTS) is 1. The van der Waals surface area contributed by atoms with Gasteiger partial charge in [-0.3, -0.25) is 4.79 Å². The molecular formula is C22H26O5S. The molecule has 0 unspecified atom stereocenters. The number of ether oxygens (including phenoxy) is 1. The first kappa shape index (κ1) is 21.8. The number of carbonyl (C=O) groups excluding carboxylic acids is 1. The van der Waals surface area contributed by atoms with Gasteiger partial charge in [-0.1, -0.05) is 25.5 Å². The van der Waals surface area contributed by atoms with Crippen molar-refractivity contribution < 1.29 is 24.5 Å². The van der Waals surface area contributed by atoms with Crippen LogP contribution in [0.5, 0.6) is 11.5 Å². The predicted molar refractivity (Wildman–Crippen MR) is 111 cm³/mol. The third kappa shape index (κ3) is 5.76. The summed E-state index contributed by atoms with van der Waals surface area (Å²) < 4.78 is 5.84. The average Bonchev–Trinajstić information content (AvgIpc) is 2.66. The lowest BCUT2D eigenvalue weighted by molar-refractivity contribution is 0.0693. The Bertz CT molecular complexity index is 832. The molecule has 0 saturated carbocycles. The molecule has 0 fully saturated rings. The maximum absolute atomic E-state index is 11.6. The van der Waals surface area contributed by atoms with Gasteiger partial charge in [0.15, 0.2) is 5.78 Å². The van der Waals surface area contributed by atoms with Gasteiger partial charge in [-0.25, -0.2) is 4.79 Å². The van der Waals surface area contributed by atoms with E-state index in [-0.39, 0.29) is 11.5 Å². The Kier molecular flexibility index (Phi) is 8.39. The molecular weight excluding hydrogens is 376 g/mol. The lowest BCUT2D eigenvalue weighted by atomic mass is 10.0. The van der Waals surface area contributed by atoms with Crippen LogP contribution in [0.4, 0.5) is 0 Å². The highest BCUT2D eigenvalue weighted by Gasteiger charge is 2.15. The van der Waals surface area contributed by atoms with Gasteiger partial charge < -0.3 is 14.9 Å². The summed E-state index contributed by atoms with van der Waals surface area (Å²) in [4.78, 5) is 23.6. The zero-order chi connectivity index (χ0) is 20.5. The Balaban J connectivity index is 1.86. The van der Waals surface area contributed by atoms with Gasteiger partial charge in [0.25, 0.3) is 0 Å². The molecule has 0 radical (unpaired) electrons. The van der Waals surface area contributed by atoms with Crippen LogP contribution in [0.1, 0.15) is 59.4 Å². The second kappa shape index (κ2) is 10.8. The van der Waals surface area contributed by atoms with Crippen molar-refractivity contribution in [3.8, 4) is 11.5 Å². The molecule has 2 aromatic carbocycles. The van der Waals surface area contributed by atoms with Crippen LogP contribution in [-0.2, 0) is 6.42 Å². The zero-order valence-corrected chi connectivity index (χ0v) is 17.1. The molecule has 2 N–H and O–H groups in total. The molecule has 5 nitrogen and oxygen atoms in total. The number of phenolic OH excluding ortho intramolecular Hbond substituents is 1. The number of rotatable bonds is 11. The molecule has 0 bridgehead atoms. The van der Waals surface area contributed by atoms with E-state index in [1.165, 1.54) is 18.7 Å². The first-order chi connectivity index (χ1) is 13.5. The summed E-state index contributed by atoms with van der Waals surface area (Å²) in [5.74, 6) is 0.356. The Hall–Kier alpha value is -2.47. The number of ketones is 1. The number of hydrogen-bond acceptors (Lipinski definition) is 5. The van der Waals surface area contributed by atoms with E-state index < -0.39 is 5.97 Å². The summed E-state index contributed by atoms with van der Waals surface area (Å²) >= 11 is 1.53. The van der Waals surface area contributed by atoms with Crippen LogP contribution in [-0.4, -0.2) is 34.3 Å². The highest BCUT2D eigenvalue weighted by molar-refractivity contribution is 7.99. The number of phenols is 1. The number of benzene rings is 2. The van der Waals surface area contributed by atoms with Gasteiger partial charge >= 0.3 is 5.97 Å². The lowest BCUT2D eigenvalue weighted by Crippen LogP contribution is -2.04. The number of aromatic carboxylic acids is 1. The fraction of sp³-hybridized carbons (Fsp3) is 0.364. The van der Waals surface area contributed by atoms with Gasteiger partial charge in [0.2, 0.25) is 0 Å². The van der Waals surface area contributed by atoms with Gasteiger partial charge in [0, 0.05) is 10.5 Å². The molecule has 0 aliphatic carbocycles. The Labute approximate surface area is 169 Å². The topological polar surface area (TPSA) is 83.8 Å². The van der Waals surface area contributed by atoms with Gasteiger partial charge in [-0.2, -0.15) is 0 Å². The van der Waals surface area contributed by atoms with Crippen molar-refractivity contribution in [3.05, 3.63) is 53.1 Å². The Morgan fingerprint density at radius 2 is 1.82 bits per heavy atom. The molecule has 2 aromatic rings. The highest BCUT2D eigenvalue weighted by Crippen LogP contribution is 2.33. The molecule has 2 rings (SSSR count). The molecule has 0 atom stereocenters.